The van der Waals surface area contributed by atoms with Crippen molar-refractivity contribution in [2.24, 2.45) is 0 Å². The summed E-state index contributed by atoms with van der Waals surface area (Å²) in [4.78, 5) is 17.5. The van der Waals surface area contributed by atoms with Crippen molar-refractivity contribution >= 4 is 17.2 Å². The van der Waals surface area contributed by atoms with Crippen molar-refractivity contribution in [1.29, 1.82) is 0 Å². The Bertz CT molecular complexity index is 659. The van der Waals surface area contributed by atoms with E-state index in [0.717, 1.165) is 5.56 Å². The quantitative estimate of drug-likeness (QED) is 0.759. The third-order valence-corrected chi connectivity index (χ3v) is 4.42. The molecule has 3 aromatic rings. The van der Waals surface area contributed by atoms with Crippen molar-refractivity contribution in [3.63, 3.8) is 0 Å². The molecule has 22 heavy (non-hydrogen) atoms. The van der Waals surface area contributed by atoms with Crippen LogP contribution >= 0.6 is 11.3 Å². The maximum Gasteiger partial charge on any atom is 0.222 e. The van der Waals surface area contributed by atoms with Crippen molar-refractivity contribution in [3.8, 4) is 0 Å². The molecule has 0 aliphatic carbocycles. The number of rotatable bonds is 6. The van der Waals surface area contributed by atoms with Crippen LogP contribution in [0.3, 0.4) is 0 Å². The first-order valence-corrected chi connectivity index (χ1v) is 8.02. The van der Waals surface area contributed by atoms with Gasteiger partial charge in [-0.25, -0.2) is 0 Å². The Morgan fingerprint density at radius 2 is 2.09 bits per heavy atom. The van der Waals surface area contributed by atoms with Crippen LogP contribution < -0.4 is 5.32 Å². The Balaban J connectivity index is 1.65. The third kappa shape index (κ3) is 3.62. The number of hydrogen-bond acceptors (Lipinski definition) is 3. The lowest BCUT2D eigenvalue weighted by Crippen LogP contribution is -2.26. The number of hydrogen-bond donors (Lipinski definition) is 1. The summed E-state index contributed by atoms with van der Waals surface area (Å²) in [6.45, 7) is 0.509. The van der Waals surface area contributed by atoms with Crippen LogP contribution in [0.2, 0.25) is 0 Å². The van der Waals surface area contributed by atoms with E-state index < -0.39 is 0 Å². The zero-order chi connectivity index (χ0) is 15.2. The summed E-state index contributed by atoms with van der Waals surface area (Å²) < 4.78 is 2.08. The molecule has 4 nitrogen and oxygen atoms in total. The fourth-order valence-corrected chi connectivity index (χ4v) is 3.17. The van der Waals surface area contributed by atoms with Crippen LogP contribution in [-0.4, -0.2) is 15.5 Å². The number of carbonyl (C=O) groups excluding carboxylic acids is 1. The van der Waals surface area contributed by atoms with Crippen molar-refractivity contribution < 1.29 is 4.79 Å². The van der Waals surface area contributed by atoms with E-state index in [-0.39, 0.29) is 11.9 Å². The number of amides is 1. The molecule has 0 aliphatic heterocycles. The van der Waals surface area contributed by atoms with Crippen LogP contribution in [0.4, 0.5) is 0 Å². The van der Waals surface area contributed by atoms with Gasteiger partial charge in [0, 0.05) is 36.2 Å². The topological polar surface area (TPSA) is 46.9 Å². The normalized spacial score (nSPS) is 12.0. The lowest BCUT2D eigenvalue weighted by atomic mass is 10.1. The minimum atomic E-state index is 0.0379. The number of thiophene rings is 1. The fourth-order valence-electron chi connectivity index (χ4n) is 2.34. The Morgan fingerprint density at radius 3 is 2.77 bits per heavy atom. The van der Waals surface area contributed by atoms with E-state index in [1.54, 1.807) is 23.7 Å². The van der Waals surface area contributed by atoms with Gasteiger partial charge in [0.1, 0.15) is 0 Å². The Kier molecular flexibility index (Phi) is 4.65. The van der Waals surface area contributed by atoms with Gasteiger partial charge < -0.3 is 9.88 Å². The molecule has 0 fully saturated rings. The highest BCUT2D eigenvalue weighted by molar-refractivity contribution is 7.10. The molecule has 3 aromatic heterocycles. The molecule has 5 heteroatoms. The maximum atomic E-state index is 12.3. The summed E-state index contributed by atoms with van der Waals surface area (Å²) in [6, 6.07) is 11.9. The summed E-state index contributed by atoms with van der Waals surface area (Å²) in [6.07, 6.45) is 7.92. The molecular weight excluding hydrogens is 294 g/mol. The predicted molar refractivity (Wildman–Crippen MR) is 87.6 cm³/mol. The minimum absolute atomic E-state index is 0.0379. The Morgan fingerprint density at radius 1 is 1.23 bits per heavy atom. The SMILES string of the molecule is O=C(CC(c1cccs1)n1cccc1)NCc1cccnc1. The lowest BCUT2D eigenvalue weighted by Gasteiger charge is -2.17. The molecule has 1 amide bonds. The minimum Gasteiger partial charge on any atom is -0.352 e. The van der Waals surface area contributed by atoms with Crippen molar-refractivity contribution in [2.45, 2.75) is 19.0 Å². The van der Waals surface area contributed by atoms with Gasteiger partial charge in [-0.15, -0.1) is 11.3 Å². The number of nitrogens with one attached hydrogen (secondary N) is 1. The zero-order valence-corrected chi connectivity index (χ0v) is 12.9. The number of carbonyl (C=O) groups is 1. The average Bonchev–Trinajstić information content (AvgIpc) is 3.25. The standard InChI is InChI=1S/C17H17N3OS/c21-17(19-13-14-5-3-7-18-12-14)11-15(16-6-4-10-22-16)20-8-1-2-9-20/h1-10,12,15H,11,13H2,(H,19,21). The molecule has 1 atom stereocenters. The largest absolute Gasteiger partial charge is 0.352 e. The fraction of sp³-hybridized carbons (Fsp3) is 0.176. The average molecular weight is 311 g/mol. The van der Waals surface area contributed by atoms with Gasteiger partial charge in [0.25, 0.3) is 0 Å². The molecule has 3 rings (SSSR count). The van der Waals surface area contributed by atoms with Crippen molar-refractivity contribution in [1.82, 2.24) is 14.9 Å². The van der Waals surface area contributed by atoms with Gasteiger partial charge in [-0.05, 0) is 35.2 Å². The first-order chi connectivity index (χ1) is 10.8. The van der Waals surface area contributed by atoms with Gasteiger partial charge in [-0.3, -0.25) is 9.78 Å². The summed E-state index contributed by atoms with van der Waals surface area (Å²) in [5.41, 5.74) is 1.00. The van der Waals surface area contributed by atoms with E-state index in [1.165, 1.54) is 4.88 Å². The van der Waals surface area contributed by atoms with Crippen LogP contribution in [-0.2, 0) is 11.3 Å². The second-order valence-electron chi connectivity index (χ2n) is 5.00. The van der Waals surface area contributed by atoms with Gasteiger partial charge in [-0.2, -0.15) is 0 Å². The van der Waals surface area contributed by atoms with E-state index >= 15 is 0 Å². The number of aromatic nitrogens is 2. The molecule has 0 saturated heterocycles. The van der Waals surface area contributed by atoms with Crippen LogP contribution in [0.1, 0.15) is 22.9 Å². The molecule has 0 saturated carbocycles. The van der Waals surface area contributed by atoms with Crippen LogP contribution in [0, 0.1) is 0 Å². The number of nitrogens with zero attached hydrogens (tertiary/aromatic N) is 2. The smallest absolute Gasteiger partial charge is 0.222 e. The summed E-state index contributed by atoms with van der Waals surface area (Å²) in [5.74, 6) is 0.0379. The van der Waals surface area contributed by atoms with Gasteiger partial charge >= 0.3 is 0 Å². The first kappa shape index (κ1) is 14.5. The monoisotopic (exact) mass is 311 g/mol. The van der Waals surface area contributed by atoms with Crippen molar-refractivity contribution in [2.75, 3.05) is 0 Å². The van der Waals surface area contributed by atoms with Gasteiger partial charge in [-0.1, -0.05) is 12.1 Å². The molecule has 0 spiro atoms. The highest BCUT2D eigenvalue weighted by Gasteiger charge is 2.18. The number of pyridine rings is 1. The molecule has 0 aromatic carbocycles. The van der Waals surface area contributed by atoms with Crippen LogP contribution in [0.25, 0.3) is 0 Å². The summed E-state index contributed by atoms with van der Waals surface area (Å²) in [5, 5.41) is 5.01. The molecule has 112 valence electrons. The van der Waals surface area contributed by atoms with Crippen molar-refractivity contribution in [3.05, 3.63) is 77.0 Å². The molecular formula is C17H17N3OS. The van der Waals surface area contributed by atoms with Gasteiger partial charge in [0.2, 0.25) is 5.91 Å². The maximum absolute atomic E-state index is 12.3. The lowest BCUT2D eigenvalue weighted by molar-refractivity contribution is -0.121. The van der Waals surface area contributed by atoms with E-state index in [2.05, 4.69) is 20.9 Å². The summed E-state index contributed by atoms with van der Waals surface area (Å²) >= 11 is 1.67. The Hall–Kier alpha value is -2.40. The Labute approximate surface area is 133 Å². The second-order valence-corrected chi connectivity index (χ2v) is 5.98. The van der Waals surface area contributed by atoms with Gasteiger partial charge in [0.15, 0.2) is 0 Å². The molecule has 1 N–H and O–H groups in total. The van der Waals surface area contributed by atoms with E-state index in [9.17, 15) is 4.79 Å². The second kappa shape index (κ2) is 7.04. The molecule has 1 unspecified atom stereocenters. The first-order valence-electron chi connectivity index (χ1n) is 7.14. The third-order valence-electron chi connectivity index (χ3n) is 3.45. The molecule has 0 bridgehead atoms. The van der Waals surface area contributed by atoms with Gasteiger partial charge in [0.05, 0.1) is 12.5 Å². The van der Waals surface area contributed by atoms with Crippen LogP contribution in [0.15, 0.2) is 66.6 Å². The summed E-state index contributed by atoms with van der Waals surface area (Å²) in [7, 11) is 0. The highest BCUT2D eigenvalue weighted by Crippen LogP contribution is 2.26. The molecule has 3 heterocycles. The molecule has 0 aliphatic rings. The molecule has 0 radical (unpaired) electrons. The predicted octanol–water partition coefficient (Wildman–Crippen LogP) is 3.24. The zero-order valence-electron chi connectivity index (χ0n) is 12.1. The van der Waals surface area contributed by atoms with E-state index in [0.29, 0.717) is 13.0 Å². The van der Waals surface area contributed by atoms with E-state index in [4.69, 9.17) is 0 Å². The van der Waals surface area contributed by atoms with E-state index in [1.807, 2.05) is 48.1 Å². The highest BCUT2D eigenvalue weighted by atomic mass is 32.1. The van der Waals surface area contributed by atoms with Crippen LogP contribution in [0.5, 0.6) is 0 Å².